The van der Waals surface area contributed by atoms with Gasteiger partial charge in [0, 0.05) is 43.7 Å². The van der Waals surface area contributed by atoms with Crippen LogP contribution in [0.25, 0.3) is 0 Å². The fourth-order valence-corrected chi connectivity index (χ4v) is 4.73. The number of halogens is 1. The summed E-state index contributed by atoms with van der Waals surface area (Å²) in [5, 5.41) is 10.2. The average molecular weight is 422 g/mol. The molecule has 1 aromatic carbocycles. The van der Waals surface area contributed by atoms with E-state index in [1.54, 1.807) is 24.3 Å². The molecular weight excluding hydrogens is 394 g/mol. The Labute approximate surface area is 176 Å². The molecule has 1 unspecified atom stereocenters. The zero-order valence-electron chi connectivity index (χ0n) is 16.5. The topological polar surface area (TPSA) is 73.3 Å². The molecule has 0 radical (unpaired) electrons. The zero-order chi connectivity index (χ0) is 20.4. The molecule has 1 aromatic rings. The lowest BCUT2D eigenvalue weighted by molar-refractivity contribution is -0.135. The normalized spacial score (nSPS) is 26.1. The van der Waals surface area contributed by atoms with Crippen LogP contribution in [0.15, 0.2) is 24.3 Å². The molecule has 29 heavy (non-hydrogen) atoms. The van der Waals surface area contributed by atoms with Gasteiger partial charge in [0.15, 0.2) is 0 Å². The maximum absolute atomic E-state index is 13.2. The molecule has 2 aliphatic heterocycles. The first kappa shape index (κ1) is 20.3. The second-order valence-corrected chi connectivity index (χ2v) is 8.62. The van der Waals surface area contributed by atoms with Crippen molar-refractivity contribution in [2.45, 2.75) is 50.3 Å². The van der Waals surface area contributed by atoms with Crippen LogP contribution in [-0.4, -0.2) is 82.7 Å². The van der Waals surface area contributed by atoms with E-state index in [4.69, 9.17) is 16.3 Å². The third kappa shape index (κ3) is 4.61. The number of carbonyl (C=O) groups is 2. The quantitative estimate of drug-likeness (QED) is 0.809. The molecule has 2 heterocycles. The lowest BCUT2D eigenvalue weighted by Gasteiger charge is -2.36. The number of rotatable bonds is 4. The predicted octanol–water partition coefficient (Wildman–Crippen LogP) is 2.93. The third-order valence-corrected chi connectivity index (χ3v) is 6.56. The highest BCUT2D eigenvalue weighted by molar-refractivity contribution is 6.30. The first-order chi connectivity index (χ1) is 14.0. The van der Waals surface area contributed by atoms with Crippen molar-refractivity contribution in [1.29, 1.82) is 0 Å². The number of carboxylic acid groups (broad SMARTS) is 1. The molecule has 0 bridgehead atoms. The summed E-state index contributed by atoms with van der Waals surface area (Å²) in [5.74, 6) is 0.493. The minimum absolute atomic E-state index is 0.0972. The third-order valence-electron chi connectivity index (χ3n) is 6.33. The number of hydrogen-bond acceptors (Lipinski definition) is 4. The van der Waals surface area contributed by atoms with E-state index in [0.717, 1.165) is 19.5 Å². The number of likely N-dealkylation sites (tertiary alicyclic amines) is 1. The van der Waals surface area contributed by atoms with Gasteiger partial charge in [-0.15, -0.1) is 0 Å². The highest BCUT2D eigenvalue weighted by Gasteiger charge is 2.43. The van der Waals surface area contributed by atoms with E-state index in [1.807, 2.05) is 4.90 Å². The van der Waals surface area contributed by atoms with Crippen molar-refractivity contribution in [3.8, 4) is 5.75 Å². The Morgan fingerprint density at radius 3 is 2.62 bits per heavy atom. The molecule has 7 nitrogen and oxygen atoms in total. The molecule has 2 saturated heterocycles. The van der Waals surface area contributed by atoms with Crippen LogP contribution in [0.2, 0.25) is 5.02 Å². The molecule has 2 atom stereocenters. The molecule has 3 aliphatic rings. The minimum Gasteiger partial charge on any atom is -0.488 e. The Kier molecular flexibility index (Phi) is 6.15. The van der Waals surface area contributed by atoms with Crippen molar-refractivity contribution >= 4 is 23.6 Å². The van der Waals surface area contributed by atoms with E-state index in [0.29, 0.717) is 36.3 Å². The van der Waals surface area contributed by atoms with Crippen LogP contribution < -0.4 is 4.74 Å². The Morgan fingerprint density at radius 2 is 1.93 bits per heavy atom. The van der Waals surface area contributed by atoms with Gasteiger partial charge in [-0.25, -0.2) is 4.79 Å². The first-order valence-electron chi connectivity index (χ1n) is 10.5. The fraction of sp³-hybridized carbons (Fsp3) is 0.619. The molecule has 158 valence electrons. The number of amides is 2. The van der Waals surface area contributed by atoms with Crippen LogP contribution in [0.4, 0.5) is 4.79 Å². The number of hydrogen-bond donors (Lipinski definition) is 1. The van der Waals surface area contributed by atoms with Crippen LogP contribution in [0.1, 0.15) is 32.1 Å². The Morgan fingerprint density at radius 1 is 1.10 bits per heavy atom. The van der Waals surface area contributed by atoms with Crippen LogP contribution >= 0.6 is 11.6 Å². The van der Waals surface area contributed by atoms with E-state index >= 15 is 0 Å². The van der Waals surface area contributed by atoms with Gasteiger partial charge in [0.05, 0.1) is 6.54 Å². The van der Waals surface area contributed by atoms with Crippen molar-refractivity contribution in [2.75, 3.05) is 32.7 Å². The Bertz CT molecular complexity index is 757. The SMILES string of the molecule is O=C([C@@H]1CC(Oc2cccc(Cl)c2)CN1C(=O)O)N1CCCN(C2CCC2)CC1. The summed E-state index contributed by atoms with van der Waals surface area (Å²) in [5.41, 5.74) is 0. The monoisotopic (exact) mass is 421 g/mol. The molecule has 8 heteroatoms. The molecular formula is C21H28ClN3O4. The predicted molar refractivity (Wildman–Crippen MR) is 109 cm³/mol. The number of ether oxygens (including phenoxy) is 1. The number of benzene rings is 1. The number of nitrogens with zero attached hydrogens (tertiary/aromatic N) is 3. The summed E-state index contributed by atoms with van der Waals surface area (Å²) in [6.45, 7) is 3.42. The number of carbonyl (C=O) groups excluding carboxylic acids is 1. The van der Waals surface area contributed by atoms with Gasteiger partial charge in [-0.1, -0.05) is 24.1 Å². The summed E-state index contributed by atoms with van der Waals surface area (Å²) in [7, 11) is 0. The lowest BCUT2D eigenvalue weighted by atomic mass is 9.91. The van der Waals surface area contributed by atoms with Crippen molar-refractivity contribution < 1.29 is 19.4 Å². The molecule has 3 fully saturated rings. The Hall–Kier alpha value is -1.99. The highest BCUT2D eigenvalue weighted by atomic mass is 35.5. The van der Waals surface area contributed by atoms with Gasteiger partial charge in [-0.3, -0.25) is 14.6 Å². The largest absolute Gasteiger partial charge is 0.488 e. The Balaban J connectivity index is 1.40. The minimum atomic E-state index is -1.08. The summed E-state index contributed by atoms with van der Waals surface area (Å²) in [4.78, 5) is 30.6. The lowest BCUT2D eigenvalue weighted by Crippen LogP contribution is -2.49. The molecule has 0 aromatic heterocycles. The van der Waals surface area contributed by atoms with Crippen LogP contribution in [-0.2, 0) is 4.79 Å². The van der Waals surface area contributed by atoms with Crippen molar-refractivity contribution in [3.63, 3.8) is 0 Å². The summed E-state index contributed by atoms with van der Waals surface area (Å²) >= 11 is 6.00. The maximum atomic E-state index is 13.2. The van der Waals surface area contributed by atoms with Crippen molar-refractivity contribution in [1.82, 2.24) is 14.7 Å². The van der Waals surface area contributed by atoms with Crippen LogP contribution in [0, 0.1) is 0 Å². The van der Waals surface area contributed by atoms with E-state index in [1.165, 1.54) is 24.2 Å². The molecule has 2 amide bonds. The second-order valence-electron chi connectivity index (χ2n) is 8.18. The van der Waals surface area contributed by atoms with Gasteiger partial charge >= 0.3 is 6.09 Å². The summed E-state index contributed by atoms with van der Waals surface area (Å²) in [6.07, 6.45) is 3.67. The van der Waals surface area contributed by atoms with E-state index in [2.05, 4.69) is 4.90 Å². The summed E-state index contributed by atoms with van der Waals surface area (Å²) in [6, 6.07) is 7.01. The van der Waals surface area contributed by atoms with E-state index < -0.39 is 12.1 Å². The van der Waals surface area contributed by atoms with Crippen LogP contribution in [0.5, 0.6) is 5.75 Å². The molecule has 0 spiro atoms. The van der Waals surface area contributed by atoms with E-state index in [9.17, 15) is 14.7 Å². The van der Waals surface area contributed by atoms with Gasteiger partial charge in [0.2, 0.25) is 5.91 Å². The standard InChI is InChI=1S/C21H28ClN3O4/c22-15-4-1-7-17(12-15)29-18-13-19(25(14-18)21(27)28)20(26)24-9-3-8-23(10-11-24)16-5-2-6-16/h1,4,7,12,16,18-19H,2-3,5-6,8-11,13-14H2,(H,27,28)/t18?,19-/m0/s1. The molecule has 1 saturated carbocycles. The van der Waals surface area contributed by atoms with E-state index in [-0.39, 0.29) is 18.6 Å². The van der Waals surface area contributed by atoms with Crippen LogP contribution in [0.3, 0.4) is 0 Å². The molecule has 4 rings (SSSR count). The van der Waals surface area contributed by atoms with Crippen molar-refractivity contribution in [3.05, 3.63) is 29.3 Å². The van der Waals surface area contributed by atoms with Gasteiger partial charge in [0.1, 0.15) is 17.9 Å². The average Bonchev–Trinajstić information content (AvgIpc) is 2.91. The van der Waals surface area contributed by atoms with Gasteiger partial charge in [0.25, 0.3) is 0 Å². The van der Waals surface area contributed by atoms with Crippen molar-refractivity contribution in [2.24, 2.45) is 0 Å². The summed E-state index contributed by atoms with van der Waals surface area (Å²) < 4.78 is 5.93. The molecule has 1 aliphatic carbocycles. The smallest absolute Gasteiger partial charge is 0.408 e. The zero-order valence-corrected chi connectivity index (χ0v) is 17.3. The molecule has 1 N–H and O–H groups in total. The highest BCUT2D eigenvalue weighted by Crippen LogP contribution is 2.28. The van der Waals surface area contributed by atoms with Gasteiger partial charge < -0.3 is 14.7 Å². The van der Waals surface area contributed by atoms with Gasteiger partial charge in [-0.05, 0) is 37.5 Å². The van der Waals surface area contributed by atoms with Gasteiger partial charge in [-0.2, -0.15) is 0 Å². The first-order valence-corrected chi connectivity index (χ1v) is 10.8. The maximum Gasteiger partial charge on any atom is 0.408 e. The fourth-order valence-electron chi connectivity index (χ4n) is 4.55. The second kappa shape index (κ2) is 8.79.